The SMILES string of the molecule is Cc1cc([N+](=O)[O-])ccc1C(=O)N1CCNC[C@H]1C.Cl. The molecule has 1 amide bonds. The summed E-state index contributed by atoms with van der Waals surface area (Å²) < 4.78 is 0. The van der Waals surface area contributed by atoms with Crippen LogP contribution < -0.4 is 5.32 Å². The van der Waals surface area contributed by atoms with Crippen LogP contribution in [-0.4, -0.2) is 41.4 Å². The van der Waals surface area contributed by atoms with E-state index in [4.69, 9.17) is 0 Å². The van der Waals surface area contributed by atoms with Crippen molar-refractivity contribution in [3.63, 3.8) is 0 Å². The molecule has 1 aromatic rings. The molecule has 1 aromatic carbocycles. The van der Waals surface area contributed by atoms with Gasteiger partial charge in [-0.2, -0.15) is 0 Å². The number of benzene rings is 1. The minimum Gasteiger partial charge on any atom is -0.333 e. The van der Waals surface area contributed by atoms with Crippen molar-refractivity contribution in [1.29, 1.82) is 0 Å². The first-order valence-corrected chi connectivity index (χ1v) is 6.27. The molecule has 1 fully saturated rings. The molecule has 7 heteroatoms. The Labute approximate surface area is 123 Å². The number of nitrogens with one attached hydrogen (secondary N) is 1. The molecule has 0 aromatic heterocycles. The summed E-state index contributed by atoms with van der Waals surface area (Å²) in [6.07, 6.45) is 0. The second-order valence-corrected chi connectivity index (χ2v) is 4.81. The maximum atomic E-state index is 12.4. The van der Waals surface area contributed by atoms with Crippen LogP contribution in [0, 0.1) is 17.0 Å². The van der Waals surface area contributed by atoms with E-state index in [0.29, 0.717) is 17.7 Å². The van der Waals surface area contributed by atoms with Crippen molar-refractivity contribution in [3.8, 4) is 0 Å². The molecule has 20 heavy (non-hydrogen) atoms. The highest BCUT2D eigenvalue weighted by atomic mass is 35.5. The van der Waals surface area contributed by atoms with Crippen LogP contribution in [0.3, 0.4) is 0 Å². The van der Waals surface area contributed by atoms with Gasteiger partial charge < -0.3 is 10.2 Å². The molecular weight excluding hydrogens is 282 g/mol. The Balaban J connectivity index is 0.00000200. The number of amides is 1. The molecule has 0 radical (unpaired) electrons. The van der Waals surface area contributed by atoms with Crippen LogP contribution in [0.5, 0.6) is 0 Å². The third kappa shape index (κ3) is 3.26. The minimum absolute atomic E-state index is 0. The highest BCUT2D eigenvalue weighted by Gasteiger charge is 2.25. The molecule has 1 saturated heterocycles. The van der Waals surface area contributed by atoms with E-state index in [1.807, 2.05) is 11.8 Å². The minimum atomic E-state index is -0.450. The van der Waals surface area contributed by atoms with E-state index in [2.05, 4.69) is 5.32 Å². The summed E-state index contributed by atoms with van der Waals surface area (Å²) in [4.78, 5) is 24.5. The fraction of sp³-hybridized carbons (Fsp3) is 0.462. The van der Waals surface area contributed by atoms with Gasteiger partial charge in [0.2, 0.25) is 0 Å². The maximum absolute atomic E-state index is 12.4. The third-order valence-electron chi connectivity index (χ3n) is 3.41. The number of aryl methyl sites for hydroxylation is 1. The monoisotopic (exact) mass is 299 g/mol. The number of halogens is 1. The van der Waals surface area contributed by atoms with E-state index < -0.39 is 4.92 Å². The predicted molar refractivity (Wildman–Crippen MR) is 78.4 cm³/mol. The highest BCUT2D eigenvalue weighted by molar-refractivity contribution is 5.96. The number of rotatable bonds is 2. The number of hydrogen-bond acceptors (Lipinski definition) is 4. The Bertz CT molecular complexity index is 522. The molecule has 1 aliphatic heterocycles. The van der Waals surface area contributed by atoms with Gasteiger partial charge in [0.25, 0.3) is 11.6 Å². The first-order chi connectivity index (χ1) is 9.00. The average molecular weight is 300 g/mol. The Kier molecular flexibility index (Phi) is 5.47. The Morgan fingerprint density at radius 3 is 2.75 bits per heavy atom. The van der Waals surface area contributed by atoms with Crippen molar-refractivity contribution in [3.05, 3.63) is 39.4 Å². The standard InChI is InChI=1S/C13H17N3O3.ClH/c1-9-7-11(16(18)19)3-4-12(9)13(17)15-6-5-14-8-10(15)2;/h3-4,7,10,14H,5-6,8H2,1-2H3;1H/t10-;/m1./s1. The van der Waals surface area contributed by atoms with Crippen molar-refractivity contribution >= 4 is 24.0 Å². The molecule has 0 aliphatic carbocycles. The van der Waals surface area contributed by atoms with Crippen LogP contribution >= 0.6 is 12.4 Å². The number of nitro groups is 1. The Hall–Kier alpha value is -1.66. The van der Waals surface area contributed by atoms with Gasteiger partial charge in [-0.1, -0.05) is 0 Å². The van der Waals surface area contributed by atoms with Crippen LogP contribution in [0.1, 0.15) is 22.8 Å². The van der Waals surface area contributed by atoms with Crippen LogP contribution in [0.2, 0.25) is 0 Å². The summed E-state index contributed by atoms with van der Waals surface area (Å²) in [6.45, 7) is 5.94. The first-order valence-electron chi connectivity index (χ1n) is 6.27. The lowest BCUT2D eigenvalue weighted by atomic mass is 10.1. The topological polar surface area (TPSA) is 75.5 Å². The molecule has 0 bridgehead atoms. The predicted octanol–water partition coefficient (Wildman–Crippen LogP) is 1.76. The highest BCUT2D eigenvalue weighted by Crippen LogP contribution is 2.19. The van der Waals surface area contributed by atoms with Gasteiger partial charge in [0, 0.05) is 43.4 Å². The third-order valence-corrected chi connectivity index (χ3v) is 3.41. The second kappa shape index (κ2) is 6.67. The number of carbonyl (C=O) groups is 1. The molecule has 2 rings (SSSR count). The Morgan fingerprint density at radius 2 is 2.20 bits per heavy atom. The first kappa shape index (κ1) is 16.4. The lowest BCUT2D eigenvalue weighted by Crippen LogP contribution is -2.52. The summed E-state index contributed by atoms with van der Waals surface area (Å²) in [6, 6.07) is 4.51. The van der Waals surface area contributed by atoms with Gasteiger partial charge in [-0.3, -0.25) is 14.9 Å². The van der Waals surface area contributed by atoms with Gasteiger partial charge in [-0.25, -0.2) is 0 Å². The average Bonchev–Trinajstić information content (AvgIpc) is 2.38. The van der Waals surface area contributed by atoms with E-state index >= 15 is 0 Å². The summed E-state index contributed by atoms with van der Waals surface area (Å²) >= 11 is 0. The number of hydrogen-bond donors (Lipinski definition) is 1. The molecule has 1 N–H and O–H groups in total. The molecule has 1 aliphatic rings. The van der Waals surface area contributed by atoms with E-state index in [1.165, 1.54) is 12.1 Å². The van der Waals surface area contributed by atoms with Crippen LogP contribution in [-0.2, 0) is 0 Å². The zero-order chi connectivity index (χ0) is 14.0. The molecule has 110 valence electrons. The van der Waals surface area contributed by atoms with Crippen LogP contribution in [0.15, 0.2) is 18.2 Å². The van der Waals surface area contributed by atoms with Gasteiger partial charge in [0.1, 0.15) is 0 Å². The zero-order valence-corrected chi connectivity index (χ0v) is 12.3. The van der Waals surface area contributed by atoms with E-state index in [-0.39, 0.29) is 30.0 Å². The fourth-order valence-corrected chi connectivity index (χ4v) is 2.30. The van der Waals surface area contributed by atoms with Gasteiger partial charge >= 0.3 is 0 Å². The second-order valence-electron chi connectivity index (χ2n) is 4.81. The van der Waals surface area contributed by atoms with Crippen molar-refractivity contribution in [1.82, 2.24) is 10.2 Å². The van der Waals surface area contributed by atoms with Crippen LogP contribution in [0.25, 0.3) is 0 Å². The lowest BCUT2D eigenvalue weighted by Gasteiger charge is -2.34. The molecule has 1 heterocycles. The number of non-ortho nitro benzene ring substituents is 1. The summed E-state index contributed by atoms with van der Waals surface area (Å²) in [5.74, 6) is -0.0543. The number of nitrogens with zero attached hydrogens (tertiary/aromatic N) is 2. The largest absolute Gasteiger partial charge is 0.333 e. The van der Waals surface area contributed by atoms with E-state index in [9.17, 15) is 14.9 Å². The molecule has 0 unspecified atom stereocenters. The van der Waals surface area contributed by atoms with Gasteiger partial charge in [0.15, 0.2) is 0 Å². The van der Waals surface area contributed by atoms with Crippen molar-refractivity contribution in [2.75, 3.05) is 19.6 Å². The number of carbonyl (C=O) groups excluding carboxylic acids is 1. The maximum Gasteiger partial charge on any atom is 0.269 e. The van der Waals surface area contributed by atoms with Gasteiger partial charge in [-0.15, -0.1) is 12.4 Å². The van der Waals surface area contributed by atoms with Gasteiger partial charge in [0.05, 0.1) is 4.92 Å². The summed E-state index contributed by atoms with van der Waals surface area (Å²) in [5.41, 5.74) is 1.20. The fourth-order valence-electron chi connectivity index (χ4n) is 2.30. The normalized spacial score (nSPS) is 18.3. The number of nitro benzene ring substituents is 1. The van der Waals surface area contributed by atoms with Gasteiger partial charge in [-0.05, 0) is 25.5 Å². The van der Waals surface area contributed by atoms with E-state index in [0.717, 1.165) is 13.1 Å². The summed E-state index contributed by atoms with van der Waals surface area (Å²) in [7, 11) is 0. The van der Waals surface area contributed by atoms with Crippen molar-refractivity contribution in [2.24, 2.45) is 0 Å². The van der Waals surface area contributed by atoms with Crippen molar-refractivity contribution < 1.29 is 9.72 Å². The molecule has 0 saturated carbocycles. The number of piperazine rings is 1. The molecular formula is C13H18ClN3O3. The smallest absolute Gasteiger partial charge is 0.269 e. The van der Waals surface area contributed by atoms with E-state index in [1.54, 1.807) is 13.0 Å². The molecule has 6 nitrogen and oxygen atoms in total. The Morgan fingerprint density at radius 1 is 1.50 bits per heavy atom. The zero-order valence-electron chi connectivity index (χ0n) is 11.5. The van der Waals surface area contributed by atoms with Crippen molar-refractivity contribution in [2.45, 2.75) is 19.9 Å². The van der Waals surface area contributed by atoms with Crippen LogP contribution in [0.4, 0.5) is 5.69 Å². The quantitative estimate of drug-likeness (QED) is 0.667. The lowest BCUT2D eigenvalue weighted by molar-refractivity contribution is -0.384. The summed E-state index contributed by atoms with van der Waals surface area (Å²) in [5, 5.41) is 13.9. The molecule has 0 spiro atoms. The molecule has 1 atom stereocenters.